The lowest BCUT2D eigenvalue weighted by Crippen LogP contribution is -2.76. The second-order valence-corrected chi connectivity index (χ2v) is 8.48. The summed E-state index contributed by atoms with van der Waals surface area (Å²) in [4.78, 5) is 38.5. The van der Waals surface area contributed by atoms with Gasteiger partial charge in [0.1, 0.15) is 17.4 Å². The van der Waals surface area contributed by atoms with Crippen LogP contribution in [-0.2, 0) is 14.4 Å². The number of fused-ring (bicyclic) bond motifs is 3. The van der Waals surface area contributed by atoms with Gasteiger partial charge in [-0.05, 0) is 24.6 Å². The number of benzene rings is 1. The zero-order valence-corrected chi connectivity index (χ0v) is 16.8. The van der Waals surface area contributed by atoms with Gasteiger partial charge in [0, 0.05) is 23.5 Å². The van der Waals surface area contributed by atoms with Crippen LogP contribution in [0.25, 0.3) is 5.76 Å². The van der Waals surface area contributed by atoms with E-state index in [1.54, 1.807) is 19.1 Å². The summed E-state index contributed by atoms with van der Waals surface area (Å²) in [5.41, 5.74) is 2.40. The van der Waals surface area contributed by atoms with Gasteiger partial charge in [-0.25, -0.2) is 0 Å². The monoisotopic (exact) mass is 448 g/mol. The fourth-order valence-corrected chi connectivity index (χ4v) is 5.69. The van der Waals surface area contributed by atoms with Gasteiger partial charge in [-0.15, -0.1) is 0 Å². The van der Waals surface area contributed by atoms with Crippen molar-refractivity contribution in [3.05, 3.63) is 34.9 Å². The number of aliphatic hydroxyl groups is 4. The maximum atomic E-state index is 13.5. The van der Waals surface area contributed by atoms with Gasteiger partial charge >= 0.3 is 0 Å². The van der Waals surface area contributed by atoms with E-state index in [2.05, 4.69) is 5.32 Å². The summed E-state index contributed by atoms with van der Waals surface area (Å²) in [5.74, 6) is -9.73. The Morgan fingerprint density at radius 3 is 2.34 bits per heavy atom. The van der Waals surface area contributed by atoms with E-state index >= 15 is 0 Å². The van der Waals surface area contributed by atoms with Crippen molar-refractivity contribution >= 4 is 23.2 Å². The molecule has 4 rings (SSSR count). The number of rotatable bonds is 2. The largest absolute Gasteiger partial charge is 0.507 e. The molecule has 2 saturated carbocycles. The zero-order chi connectivity index (χ0) is 23.0. The Hall–Kier alpha value is -2.79. The van der Waals surface area contributed by atoms with Crippen LogP contribution in [0.1, 0.15) is 31.4 Å². The van der Waals surface area contributed by atoms with Crippen LogP contribution in [0, 0.1) is 17.8 Å². The molecule has 32 heavy (non-hydrogen) atoms. The number of hydrogen-bond acceptors (Lipinski definition) is 9. The van der Waals surface area contributed by atoms with Gasteiger partial charge in [-0.3, -0.25) is 14.4 Å². The molecule has 3 aliphatic carbocycles. The first-order chi connectivity index (χ1) is 14.5. The first kappa shape index (κ1) is 23.9. The summed E-state index contributed by atoms with van der Waals surface area (Å²) in [6.07, 6.45) is -3.24. The van der Waals surface area contributed by atoms with Gasteiger partial charge in [-0.1, -0.05) is 26.5 Å². The molecule has 10 nitrogen and oxygen atoms in total. The minimum Gasteiger partial charge on any atom is -0.507 e. The number of Topliss-reactive ketones (excluding diaryl/α,β-unsaturated/α-hetero) is 2. The van der Waals surface area contributed by atoms with Crippen LogP contribution < -0.4 is 11.1 Å². The topological polar surface area (TPSA) is 190 Å². The van der Waals surface area contributed by atoms with E-state index in [1.807, 2.05) is 0 Å². The number of ketones is 2. The normalized spacial score (nSPS) is 38.3. The average molecular weight is 448 g/mol. The van der Waals surface area contributed by atoms with Crippen LogP contribution >= 0.6 is 0 Å². The van der Waals surface area contributed by atoms with Gasteiger partial charge in [0.2, 0.25) is 11.7 Å². The van der Waals surface area contributed by atoms with E-state index in [0.717, 1.165) is 0 Å². The minimum absolute atomic E-state index is 0. The summed E-state index contributed by atoms with van der Waals surface area (Å²) < 4.78 is 0. The quantitative estimate of drug-likeness (QED) is 0.277. The third-order valence-corrected chi connectivity index (χ3v) is 7.13. The molecule has 10 heteroatoms. The average Bonchev–Trinajstić information content (AvgIpc) is 2.70. The van der Waals surface area contributed by atoms with Crippen molar-refractivity contribution in [2.45, 2.75) is 44.1 Å². The van der Waals surface area contributed by atoms with E-state index in [1.165, 1.54) is 13.1 Å². The molecule has 1 aromatic carbocycles. The Morgan fingerprint density at radius 2 is 1.78 bits per heavy atom. The van der Waals surface area contributed by atoms with Crippen LogP contribution in [0.2, 0.25) is 0 Å². The smallest absolute Gasteiger partial charge is 0.230 e. The molecule has 0 spiro atoms. The fraction of sp³-hybridized carbons (Fsp3) is 0.500. The van der Waals surface area contributed by atoms with E-state index < -0.39 is 76.3 Å². The van der Waals surface area contributed by atoms with Crippen molar-refractivity contribution in [2.75, 3.05) is 7.05 Å². The van der Waals surface area contributed by atoms with Crippen molar-refractivity contribution in [3.8, 4) is 5.75 Å². The molecule has 8 unspecified atom stereocenters. The maximum Gasteiger partial charge on any atom is 0.230 e. The number of likely N-dealkylation sites (N-methyl/N-ethyl adjacent to an activating group) is 1. The number of phenols is 1. The molecule has 3 aliphatic rings. The Bertz CT molecular complexity index is 1040. The molecule has 0 saturated heterocycles. The zero-order valence-electron chi connectivity index (χ0n) is 16.8. The second-order valence-electron chi connectivity index (χ2n) is 8.48. The number of aromatic hydroxyl groups is 1. The molecular weight excluding hydrogens is 420 g/mol. The van der Waals surface area contributed by atoms with Crippen LogP contribution in [-0.4, -0.2) is 73.9 Å². The highest BCUT2D eigenvalue weighted by molar-refractivity contribution is 6.25. The van der Waals surface area contributed by atoms with Gasteiger partial charge < -0.3 is 36.6 Å². The highest BCUT2D eigenvalue weighted by atomic mass is 16.3. The van der Waals surface area contributed by atoms with Crippen molar-refractivity contribution in [2.24, 2.45) is 23.5 Å². The SMILES string of the molecule is C.CNC1C(O)C(C(N)=O)C(=O)C2(O)C(=O)C3=C(O)c4c(O)cccc4C(C)C3C(O)C12. The third-order valence-electron chi connectivity index (χ3n) is 7.13. The fourth-order valence-electron chi connectivity index (χ4n) is 5.69. The van der Waals surface area contributed by atoms with Crippen molar-refractivity contribution in [3.63, 3.8) is 0 Å². The molecule has 0 aromatic heterocycles. The third kappa shape index (κ3) is 2.70. The Labute approximate surface area is 184 Å². The molecule has 0 radical (unpaired) electrons. The minimum atomic E-state index is -2.91. The summed E-state index contributed by atoms with van der Waals surface area (Å²) >= 11 is 0. The molecule has 1 amide bonds. The molecule has 8 N–H and O–H groups in total. The lowest BCUT2D eigenvalue weighted by atomic mass is 9.52. The highest BCUT2D eigenvalue weighted by Gasteiger charge is 2.70. The highest BCUT2D eigenvalue weighted by Crippen LogP contribution is 2.55. The number of carbonyl (C=O) groups is 3. The van der Waals surface area contributed by atoms with Gasteiger partial charge in [-0.2, -0.15) is 0 Å². The second kappa shape index (κ2) is 7.66. The van der Waals surface area contributed by atoms with Gasteiger partial charge in [0.05, 0.1) is 17.8 Å². The number of amides is 1. The lowest BCUT2D eigenvalue weighted by Gasteiger charge is -2.55. The van der Waals surface area contributed by atoms with Crippen molar-refractivity contribution in [1.29, 1.82) is 0 Å². The molecule has 0 bridgehead atoms. The molecule has 1 aromatic rings. The molecule has 0 heterocycles. The van der Waals surface area contributed by atoms with Crippen LogP contribution in [0.4, 0.5) is 0 Å². The summed E-state index contributed by atoms with van der Waals surface area (Å²) in [6, 6.07) is 3.27. The number of nitrogens with one attached hydrogen (secondary N) is 1. The Balaban J connectivity index is 0.00000289. The predicted molar refractivity (Wildman–Crippen MR) is 112 cm³/mol. The summed E-state index contributed by atoms with van der Waals surface area (Å²) in [6.45, 7) is 1.68. The van der Waals surface area contributed by atoms with E-state index in [0.29, 0.717) is 5.56 Å². The Morgan fingerprint density at radius 1 is 1.16 bits per heavy atom. The number of hydrogen-bond donors (Lipinski definition) is 7. The molecule has 0 aliphatic heterocycles. The van der Waals surface area contributed by atoms with Crippen LogP contribution in [0.5, 0.6) is 5.75 Å². The maximum absolute atomic E-state index is 13.5. The van der Waals surface area contributed by atoms with Crippen molar-refractivity contribution < 1.29 is 39.9 Å². The number of nitrogens with two attached hydrogens (primary N) is 1. The number of primary amides is 1. The molecule has 174 valence electrons. The van der Waals surface area contributed by atoms with Crippen molar-refractivity contribution in [1.82, 2.24) is 5.32 Å². The van der Waals surface area contributed by atoms with Crippen LogP contribution in [0.15, 0.2) is 23.8 Å². The van der Waals surface area contributed by atoms with Crippen LogP contribution in [0.3, 0.4) is 0 Å². The number of aliphatic hydroxyl groups excluding tert-OH is 3. The lowest BCUT2D eigenvalue weighted by molar-refractivity contribution is -0.191. The Kier molecular flexibility index (Phi) is 5.71. The molecular formula is C22H28N2O8. The van der Waals surface area contributed by atoms with Gasteiger partial charge in [0.25, 0.3) is 0 Å². The first-order valence-electron chi connectivity index (χ1n) is 9.89. The molecule has 2 fully saturated rings. The first-order valence-corrected chi connectivity index (χ1v) is 9.89. The number of carbonyl (C=O) groups excluding carboxylic acids is 3. The van der Waals surface area contributed by atoms with E-state index in [-0.39, 0.29) is 18.7 Å². The van der Waals surface area contributed by atoms with E-state index in [9.17, 15) is 39.9 Å². The summed E-state index contributed by atoms with van der Waals surface area (Å²) in [7, 11) is 1.39. The number of phenolic OH excluding ortho intramolecular Hbond substituents is 1. The molecule has 8 atom stereocenters. The van der Waals surface area contributed by atoms with E-state index in [4.69, 9.17) is 5.73 Å². The standard InChI is InChI=1S/C21H24N2O8.CH4/c1-6-7-4-3-5-8(24)10(7)15(25)11-9(6)16(26)13-14(23-2)17(27)12(20(22)30)19(29)21(13,31)18(11)28;/h3-6,9,12-14,16-17,23-27,31H,1-2H3,(H2,22,30);1H4. The predicted octanol–water partition coefficient (Wildman–Crippen LogP) is -1.05. The summed E-state index contributed by atoms with van der Waals surface area (Å²) in [5, 5.41) is 57.1. The van der Waals surface area contributed by atoms with Gasteiger partial charge in [0.15, 0.2) is 11.4 Å².